The fourth-order valence-corrected chi connectivity index (χ4v) is 3.19. The zero-order valence-electron chi connectivity index (χ0n) is 16.7. The van der Waals surface area contributed by atoms with E-state index in [4.69, 9.17) is 0 Å². The standard InChI is InChI=1S/C23H24N4O2/c1-4-15-27(17-18-11-7-5-8-12-18)21-20(16-24-19-13-9-6-10-14-19)22(28)26(3)23(29)25(21)2/h4-14,16H,1,15,17H2,2-3H3. The van der Waals surface area contributed by atoms with Crippen molar-refractivity contribution in [2.75, 3.05) is 11.4 Å². The summed E-state index contributed by atoms with van der Waals surface area (Å²) in [5.74, 6) is 0.515. The van der Waals surface area contributed by atoms with Crippen molar-refractivity contribution in [1.29, 1.82) is 0 Å². The molecule has 0 bridgehead atoms. The molecule has 0 amide bonds. The predicted molar refractivity (Wildman–Crippen MR) is 118 cm³/mol. The summed E-state index contributed by atoms with van der Waals surface area (Å²) in [6.45, 7) is 4.84. The second kappa shape index (κ2) is 9.01. The van der Waals surface area contributed by atoms with Gasteiger partial charge in [-0.2, -0.15) is 0 Å². The molecule has 0 fully saturated rings. The molecule has 29 heavy (non-hydrogen) atoms. The van der Waals surface area contributed by atoms with Gasteiger partial charge in [0, 0.05) is 33.4 Å². The highest BCUT2D eigenvalue weighted by molar-refractivity contribution is 5.88. The lowest BCUT2D eigenvalue weighted by molar-refractivity contribution is 0.662. The van der Waals surface area contributed by atoms with Gasteiger partial charge in [-0.1, -0.05) is 54.6 Å². The molecule has 6 nitrogen and oxygen atoms in total. The van der Waals surface area contributed by atoms with Gasteiger partial charge in [-0.25, -0.2) is 4.79 Å². The molecule has 0 N–H and O–H groups in total. The van der Waals surface area contributed by atoms with E-state index in [1.165, 1.54) is 17.8 Å². The number of benzene rings is 2. The highest BCUT2D eigenvalue weighted by atomic mass is 16.2. The van der Waals surface area contributed by atoms with Crippen molar-refractivity contribution in [2.45, 2.75) is 6.54 Å². The molecule has 3 aromatic rings. The van der Waals surface area contributed by atoms with E-state index in [-0.39, 0.29) is 11.2 Å². The van der Waals surface area contributed by atoms with Gasteiger partial charge < -0.3 is 4.90 Å². The molecule has 0 unspecified atom stereocenters. The third-order valence-corrected chi connectivity index (χ3v) is 4.63. The monoisotopic (exact) mass is 388 g/mol. The fraction of sp³-hybridized carbons (Fsp3) is 0.174. The molecule has 3 rings (SSSR count). The normalized spacial score (nSPS) is 11.0. The lowest BCUT2D eigenvalue weighted by atomic mass is 10.2. The van der Waals surface area contributed by atoms with Crippen LogP contribution in [0.3, 0.4) is 0 Å². The van der Waals surface area contributed by atoms with Gasteiger partial charge in [0.2, 0.25) is 0 Å². The van der Waals surface area contributed by atoms with E-state index in [2.05, 4.69) is 11.6 Å². The van der Waals surface area contributed by atoms with Crippen molar-refractivity contribution < 1.29 is 0 Å². The number of aromatic nitrogens is 2. The first-order chi connectivity index (χ1) is 14.0. The first-order valence-electron chi connectivity index (χ1n) is 9.32. The lowest BCUT2D eigenvalue weighted by Crippen LogP contribution is -2.43. The van der Waals surface area contributed by atoms with Crippen LogP contribution in [0.1, 0.15) is 11.1 Å². The lowest BCUT2D eigenvalue weighted by Gasteiger charge is -2.27. The zero-order valence-corrected chi connectivity index (χ0v) is 16.7. The largest absolute Gasteiger partial charge is 0.349 e. The molecule has 148 valence electrons. The van der Waals surface area contributed by atoms with E-state index in [9.17, 15) is 9.59 Å². The summed E-state index contributed by atoms with van der Waals surface area (Å²) in [5, 5.41) is 0. The van der Waals surface area contributed by atoms with E-state index < -0.39 is 0 Å². The number of rotatable bonds is 7. The Morgan fingerprint density at radius 1 is 0.966 bits per heavy atom. The summed E-state index contributed by atoms with van der Waals surface area (Å²) in [4.78, 5) is 32.0. The SMILES string of the molecule is C=CCN(Cc1ccccc1)c1c(C=Nc2ccccc2)c(=O)n(C)c(=O)n1C. The van der Waals surface area contributed by atoms with Crippen LogP contribution in [0, 0.1) is 0 Å². The van der Waals surface area contributed by atoms with Crippen molar-refractivity contribution >= 4 is 17.7 Å². The molecule has 0 aliphatic rings. The number of anilines is 1. The quantitative estimate of drug-likeness (QED) is 0.462. The van der Waals surface area contributed by atoms with Crippen LogP contribution in [0.25, 0.3) is 0 Å². The zero-order chi connectivity index (χ0) is 20.8. The second-order valence-electron chi connectivity index (χ2n) is 6.69. The Bertz CT molecular complexity index is 1130. The summed E-state index contributed by atoms with van der Waals surface area (Å²) in [7, 11) is 3.14. The van der Waals surface area contributed by atoms with Crippen LogP contribution in [-0.4, -0.2) is 21.9 Å². The number of hydrogen-bond acceptors (Lipinski definition) is 4. The van der Waals surface area contributed by atoms with Gasteiger partial charge in [-0.3, -0.25) is 18.9 Å². The number of nitrogens with zero attached hydrogens (tertiary/aromatic N) is 4. The Kier molecular flexibility index (Phi) is 6.24. The molecule has 2 aromatic carbocycles. The highest BCUT2D eigenvalue weighted by Gasteiger charge is 2.19. The van der Waals surface area contributed by atoms with Crippen molar-refractivity contribution in [3.63, 3.8) is 0 Å². The van der Waals surface area contributed by atoms with Crippen LogP contribution >= 0.6 is 0 Å². The van der Waals surface area contributed by atoms with Gasteiger partial charge in [0.25, 0.3) is 5.56 Å². The number of para-hydroxylation sites is 1. The molecule has 1 heterocycles. The van der Waals surface area contributed by atoms with Crippen LogP contribution in [0.15, 0.2) is 87.9 Å². The molecular weight excluding hydrogens is 364 g/mol. The minimum absolute atomic E-state index is 0.358. The molecule has 0 aliphatic carbocycles. The van der Waals surface area contributed by atoms with Crippen molar-refractivity contribution in [3.8, 4) is 0 Å². The second-order valence-corrected chi connectivity index (χ2v) is 6.69. The van der Waals surface area contributed by atoms with Crippen LogP contribution in [0.4, 0.5) is 11.5 Å². The summed E-state index contributed by atoms with van der Waals surface area (Å²) < 4.78 is 2.59. The average Bonchev–Trinajstić information content (AvgIpc) is 2.75. The summed E-state index contributed by atoms with van der Waals surface area (Å²) >= 11 is 0. The molecule has 6 heteroatoms. The van der Waals surface area contributed by atoms with Gasteiger partial charge >= 0.3 is 5.69 Å². The smallest absolute Gasteiger partial charge is 0.332 e. The van der Waals surface area contributed by atoms with E-state index in [1.54, 1.807) is 13.1 Å². The Labute approximate surface area is 169 Å². The molecule has 0 saturated heterocycles. The highest BCUT2D eigenvalue weighted by Crippen LogP contribution is 2.19. The average molecular weight is 388 g/mol. The molecule has 0 radical (unpaired) electrons. The van der Waals surface area contributed by atoms with Crippen molar-refractivity contribution in [2.24, 2.45) is 19.1 Å². The molecular formula is C23H24N4O2. The van der Waals surface area contributed by atoms with E-state index >= 15 is 0 Å². The van der Waals surface area contributed by atoms with Crippen LogP contribution < -0.4 is 16.1 Å². The third-order valence-electron chi connectivity index (χ3n) is 4.63. The minimum atomic E-state index is -0.385. The topological polar surface area (TPSA) is 59.6 Å². The van der Waals surface area contributed by atoms with Gasteiger partial charge in [-0.05, 0) is 17.7 Å². The fourth-order valence-electron chi connectivity index (χ4n) is 3.19. The third kappa shape index (κ3) is 4.43. The number of hydrogen-bond donors (Lipinski definition) is 0. The van der Waals surface area contributed by atoms with Gasteiger partial charge in [-0.15, -0.1) is 6.58 Å². The van der Waals surface area contributed by atoms with Gasteiger partial charge in [0.15, 0.2) is 0 Å². The molecule has 0 atom stereocenters. The van der Waals surface area contributed by atoms with E-state index in [1.807, 2.05) is 65.6 Å². The first kappa shape index (κ1) is 20.1. The summed E-state index contributed by atoms with van der Waals surface area (Å²) in [6, 6.07) is 19.3. The van der Waals surface area contributed by atoms with Gasteiger partial charge in [0.1, 0.15) is 5.82 Å². The van der Waals surface area contributed by atoms with E-state index in [0.717, 1.165) is 15.8 Å². The Hall–Kier alpha value is -3.67. The van der Waals surface area contributed by atoms with Crippen LogP contribution in [0.2, 0.25) is 0 Å². The minimum Gasteiger partial charge on any atom is -0.349 e. The Morgan fingerprint density at radius 3 is 2.21 bits per heavy atom. The van der Waals surface area contributed by atoms with Crippen molar-refractivity contribution in [3.05, 3.63) is 105 Å². The Balaban J connectivity index is 2.16. The Morgan fingerprint density at radius 2 is 1.59 bits per heavy atom. The van der Waals surface area contributed by atoms with Crippen molar-refractivity contribution in [1.82, 2.24) is 9.13 Å². The summed E-state index contributed by atoms with van der Waals surface area (Å²) in [5.41, 5.74) is 1.38. The maximum Gasteiger partial charge on any atom is 0.332 e. The first-order valence-corrected chi connectivity index (χ1v) is 9.32. The maximum absolute atomic E-state index is 13.0. The van der Waals surface area contributed by atoms with Crippen LogP contribution in [-0.2, 0) is 20.6 Å². The van der Waals surface area contributed by atoms with E-state index in [0.29, 0.717) is 24.5 Å². The molecule has 0 spiro atoms. The molecule has 1 aromatic heterocycles. The summed E-state index contributed by atoms with van der Waals surface area (Å²) in [6.07, 6.45) is 3.29. The van der Waals surface area contributed by atoms with Crippen LogP contribution in [0.5, 0.6) is 0 Å². The number of aliphatic imine (C=N–C) groups is 1. The predicted octanol–water partition coefficient (Wildman–Crippen LogP) is 3.03. The maximum atomic E-state index is 13.0. The van der Waals surface area contributed by atoms with Gasteiger partial charge in [0.05, 0.1) is 11.3 Å². The molecule has 0 saturated carbocycles. The molecule has 0 aliphatic heterocycles.